The van der Waals surface area contributed by atoms with Crippen molar-refractivity contribution >= 4 is 11.6 Å². The topological polar surface area (TPSA) is 76.7 Å². The molecule has 19 heavy (non-hydrogen) atoms. The van der Waals surface area contributed by atoms with E-state index in [0.717, 1.165) is 35.6 Å². The number of anilines is 2. The van der Waals surface area contributed by atoms with E-state index in [9.17, 15) is 0 Å². The van der Waals surface area contributed by atoms with Gasteiger partial charge < -0.3 is 11.1 Å². The fourth-order valence-electron chi connectivity index (χ4n) is 1.78. The Labute approximate surface area is 113 Å². The summed E-state index contributed by atoms with van der Waals surface area (Å²) < 4.78 is 0. The lowest BCUT2D eigenvalue weighted by atomic mass is 10.2. The van der Waals surface area contributed by atoms with Gasteiger partial charge in [-0.3, -0.25) is 4.98 Å². The Morgan fingerprint density at radius 2 is 2.16 bits per heavy atom. The monoisotopic (exact) mass is 257 g/mol. The number of aryl methyl sites for hydroxylation is 1. The summed E-state index contributed by atoms with van der Waals surface area (Å²) in [5.74, 6) is 2.14. The molecule has 0 saturated heterocycles. The summed E-state index contributed by atoms with van der Waals surface area (Å²) in [6, 6.07) is 3.94. The van der Waals surface area contributed by atoms with Crippen LogP contribution in [0.25, 0.3) is 0 Å². The Morgan fingerprint density at radius 3 is 2.84 bits per heavy atom. The quantitative estimate of drug-likeness (QED) is 0.859. The molecule has 0 aromatic carbocycles. The largest absolute Gasteiger partial charge is 0.383 e. The Morgan fingerprint density at radius 1 is 1.32 bits per heavy atom. The van der Waals surface area contributed by atoms with Crippen molar-refractivity contribution in [1.82, 2.24) is 15.0 Å². The number of nitrogens with two attached hydrogens (primary N) is 1. The van der Waals surface area contributed by atoms with Gasteiger partial charge in [0, 0.05) is 30.9 Å². The number of hydrogen-bond acceptors (Lipinski definition) is 5. The third kappa shape index (κ3) is 3.40. The van der Waals surface area contributed by atoms with Crippen LogP contribution in [0.2, 0.25) is 0 Å². The number of pyridine rings is 1. The fraction of sp³-hybridized carbons (Fsp3) is 0.357. The fourth-order valence-corrected chi connectivity index (χ4v) is 1.78. The van der Waals surface area contributed by atoms with Gasteiger partial charge >= 0.3 is 0 Å². The SMILES string of the molecule is CCCc1nc(N)c(C)c(NCc2cccnc2)n1. The molecule has 2 aromatic rings. The van der Waals surface area contributed by atoms with Gasteiger partial charge in [0.2, 0.25) is 0 Å². The second-order valence-electron chi connectivity index (χ2n) is 4.46. The summed E-state index contributed by atoms with van der Waals surface area (Å²) in [5.41, 5.74) is 7.92. The van der Waals surface area contributed by atoms with Crippen LogP contribution in [0, 0.1) is 6.92 Å². The molecule has 5 nitrogen and oxygen atoms in total. The molecule has 0 aliphatic heterocycles. The van der Waals surface area contributed by atoms with Gasteiger partial charge in [-0.1, -0.05) is 13.0 Å². The lowest BCUT2D eigenvalue weighted by molar-refractivity contribution is 0.833. The molecule has 2 heterocycles. The number of hydrogen-bond donors (Lipinski definition) is 2. The van der Waals surface area contributed by atoms with Crippen molar-refractivity contribution in [3.8, 4) is 0 Å². The standard InChI is InChI=1S/C14H19N5/c1-3-5-12-18-13(15)10(2)14(19-12)17-9-11-6-4-7-16-8-11/h4,6-8H,3,5,9H2,1-2H3,(H3,15,17,18,19). The maximum absolute atomic E-state index is 5.92. The zero-order valence-electron chi connectivity index (χ0n) is 11.3. The van der Waals surface area contributed by atoms with E-state index in [-0.39, 0.29) is 0 Å². The van der Waals surface area contributed by atoms with E-state index in [2.05, 4.69) is 27.2 Å². The Kier molecular flexibility index (Phi) is 4.28. The first kappa shape index (κ1) is 13.3. The van der Waals surface area contributed by atoms with Gasteiger partial charge in [-0.25, -0.2) is 9.97 Å². The summed E-state index contributed by atoms with van der Waals surface area (Å²) in [5, 5.41) is 3.30. The maximum atomic E-state index is 5.92. The van der Waals surface area contributed by atoms with E-state index in [1.165, 1.54) is 0 Å². The van der Waals surface area contributed by atoms with E-state index in [1.54, 1.807) is 6.20 Å². The van der Waals surface area contributed by atoms with Gasteiger partial charge in [-0.05, 0) is 25.0 Å². The zero-order valence-corrected chi connectivity index (χ0v) is 11.3. The summed E-state index contributed by atoms with van der Waals surface area (Å²) in [6.45, 7) is 4.70. The molecule has 0 saturated carbocycles. The Hall–Kier alpha value is -2.17. The highest BCUT2D eigenvalue weighted by molar-refractivity contribution is 5.54. The summed E-state index contributed by atoms with van der Waals surface area (Å²) >= 11 is 0. The third-order valence-corrected chi connectivity index (χ3v) is 2.89. The highest BCUT2D eigenvalue weighted by Gasteiger charge is 2.08. The number of nitrogens with one attached hydrogen (secondary N) is 1. The van der Waals surface area contributed by atoms with Crippen LogP contribution >= 0.6 is 0 Å². The van der Waals surface area contributed by atoms with E-state index in [4.69, 9.17) is 5.73 Å². The molecule has 3 N–H and O–H groups in total. The average Bonchev–Trinajstić information content (AvgIpc) is 2.42. The third-order valence-electron chi connectivity index (χ3n) is 2.89. The first-order chi connectivity index (χ1) is 9.20. The normalized spacial score (nSPS) is 10.4. The molecule has 0 aliphatic carbocycles. The van der Waals surface area contributed by atoms with Gasteiger partial charge in [0.25, 0.3) is 0 Å². The first-order valence-corrected chi connectivity index (χ1v) is 6.46. The van der Waals surface area contributed by atoms with Crippen LogP contribution < -0.4 is 11.1 Å². The molecule has 0 radical (unpaired) electrons. The Balaban J connectivity index is 2.15. The van der Waals surface area contributed by atoms with Crippen molar-refractivity contribution in [2.45, 2.75) is 33.2 Å². The van der Waals surface area contributed by atoms with Gasteiger partial charge in [-0.2, -0.15) is 0 Å². The predicted molar refractivity (Wildman–Crippen MR) is 76.7 cm³/mol. The molecular formula is C14H19N5. The van der Waals surface area contributed by atoms with Crippen LogP contribution in [0.15, 0.2) is 24.5 Å². The average molecular weight is 257 g/mol. The number of rotatable bonds is 5. The van der Waals surface area contributed by atoms with E-state index >= 15 is 0 Å². The lowest BCUT2D eigenvalue weighted by Gasteiger charge is -2.11. The number of aromatic nitrogens is 3. The molecule has 0 amide bonds. The summed E-state index contributed by atoms with van der Waals surface area (Å²) in [4.78, 5) is 12.9. The molecule has 2 rings (SSSR count). The first-order valence-electron chi connectivity index (χ1n) is 6.46. The van der Waals surface area contributed by atoms with Gasteiger partial charge in [0.05, 0.1) is 0 Å². The zero-order chi connectivity index (χ0) is 13.7. The van der Waals surface area contributed by atoms with Crippen LogP contribution in [0.5, 0.6) is 0 Å². The van der Waals surface area contributed by atoms with Crippen LogP contribution in [0.4, 0.5) is 11.6 Å². The van der Waals surface area contributed by atoms with E-state index in [0.29, 0.717) is 12.4 Å². The van der Waals surface area contributed by atoms with E-state index < -0.39 is 0 Å². The molecule has 100 valence electrons. The second kappa shape index (κ2) is 6.13. The van der Waals surface area contributed by atoms with Crippen molar-refractivity contribution in [3.05, 3.63) is 41.5 Å². The molecule has 0 unspecified atom stereocenters. The van der Waals surface area contributed by atoms with Crippen molar-refractivity contribution in [2.24, 2.45) is 0 Å². The minimum Gasteiger partial charge on any atom is -0.383 e. The number of nitrogen functional groups attached to an aromatic ring is 1. The van der Waals surface area contributed by atoms with Crippen LogP contribution in [-0.4, -0.2) is 15.0 Å². The summed E-state index contributed by atoms with van der Waals surface area (Å²) in [7, 11) is 0. The molecule has 0 bridgehead atoms. The van der Waals surface area contributed by atoms with E-state index in [1.807, 2.05) is 25.3 Å². The molecule has 0 atom stereocenters. The van der Waals surface area contributed by atoms with Gasteiger partial charge in [0.15, 0.2) is 0 Å². The smallest absolute Gasteiger partial charge is 0.135 e. The second-order valence-corrected chi connectivity index (χ2v) is 4.46. The van der Waals surface area contributed by atoms with Crippen molar-refractivity contribution in [1.29, 1.82) is 0 Å². The van der Waals surface area contributed by atoms with Crippen molar-refractivity contribution in [2.75, 3.05) is 11.1 Å². The molecule has 0 fully saturated rings. The van der Waals surface area contributed by atoms with Crippen molar-refractivity contribution in [3.63, 3.8) is 0 Å². The predicted octanol–water partition coefficient (Wildman–Crippen LogP) is 2.33. The maximum Gasteiger partial charge on any atom is 0.135 e. The number of nitrogens with zero attached hydrogens (tertiary/aromatic N) is 3. The summed E-state index contributed by atoms with van der Waals surface area (Å²) in [6.07, 6.45) is 5.44. The molecule has 5 heteroatoms. The van der Waals surface area contributed by atoms with Crippen molar-refractivity contribution < 1.29 is 0 Å². The minimum absolute atomic E-state index is 0.548. The van der Waals surface area contributed by atoms with Gasteiger partial charge in [0.1, 0.15) is 17.5 Å². The van der Waals surface area contributed by atoms with Crippen LogP contribution in [0.1, 0.15) is 30.3 Å². The van der Waals surface area contributed by atoms with Crippen LogP contribution in [-0.2, 0) is 13.0 Å². The highest BCUT2D eigenvalue weighted by Crippen LogP contribution is 2.18. The minimum atomic E-state index is 0.548. The molecule has 0 aliphatic rings. The molecule has 0 spiro atoms. The van der Waals surface area contributed by atoms with Crippen LogP contribution in [0.3, 0.4) is 0 Å². The van der Waals surface area contributed by atoms with Gasteiger partial charge in [-0.15, -0.1) is 0 Å². The molecule has 2 aromatic heterocycles. The molecular weight excluding hydrogens is 238 g/mol. The Bertz CT molecular complexity index is 539. The lowest BCUT2D eigenvalue weighted by Crippen LogP contribution is -2.09. The highest BCUT2D eigenvalue weighted by atomic mass is 15.1.